The van der Waals surface area contributed by atoms with E-state index in [2.05, 4.69) is 5.32 Å². The molecule has 0 spiro atoms. The molecule has 1 amide bonds. The van der Waals surface area contributed by atoms with Crippen LogP contribution in [0, 0.1) is 5.92 Å². The lowest BCUT2D eigenvalue weighted by molar-refractivity contribution is -0.120. The molecule has 1 fully saturated rings. The number of hydrogen-bond acceptors (Lipinski definition) is 3. The fraction of sp³-hybridized carbons (Fsp3) is 0.462. The third-order valence-corrected chi connectivity index (χ3v) is 3.29. The molecule has 2 rings (SSSR count). The Hall–Kier alpha value is -1.26. The first-order valence-electron chi connectivity index (χ1n) is 5.97. The van der Waals surface area contributed by atoms with Crippen LogP contribution in [0.3, 0.4) is 0 Å². The van der Waals surface area contributed by atoms with Crippen LogP contribution in [0.15, 0.2) is 18.2 Å². The van der Waals surface area contributed by atoms with Crippen LogP contribution in [0.4, 0.5) is 0 Å². The first kappa shape index (κ1) is 13.2. The summed E-state index contributed by atoms with van der Waals surface area (Å²) in [6.45, 7) is 2.17. The maximum atomic E-state index is 11.7. The number of phenolic OH excluding ortho intramolecular Hbond substituents is 1. The van der Waals surface area contributed by atoms with Gasteiger partial charge < -0.3 is 15.2 Å². The third-order valence-electron chi connectivity index (χ3n) is 2.99. The molecule has 2 N–H and O–H groups in total. The molecule has 1 aliphatic heterocycles. The molecule has 0 aliphatic carbocycles. The minimum Gasteiger partial charge on any atom is -0.506 e. The summed E-state index contributed by atoms with van der Waals surface area (Å²) >= 11 is 5.78. The number of ether oxygens (including phenoxy) is 1. The molecular formula is C13H16ClNO3. The standard InChI is InChI=1S/C13H16ClNO3/c14-11-5-9(1-2-12(11)16)6-13(17)15-7-10-3-4-18-8-10/h1-2,5,10,16H,3-4,6-8H2,(H,15,17)/t10-/m0/s1. The second-order valence-corrected chi connectivity index (χ2v) is 4.90. The Morgan fingerprint density at radius 2 is 2.39 bits per heavy atom. The van der Waals surface area contributed by atoms with Crippen LogP contribution in [-0.2, 0) is 16.0 Å². The number of rotatable bonds is 4. The summed E-state index contributed by atoms with van der Waals surface area (Å²) in [5, 5.41) is 12.4. The van der Waals surface area contributed by atoms with Crippen molar-refractivity contribution in [3.05, 3.63) is 28.8 Å². The van der Waals surface area contributed by atoms with E-state index in [4.69, 9.17) is 16.3 Å². The van der Waals surface area contributed by atoms with E-state index in [1.54, 1.807) is 12.1 Å². The Morgan fingerprint density at radius 1 is 1.56 bits per heavy atom. The molecule has 0 radical (unpaired) electrons. The normalized spacial score (nSPS) is 18.8. The molecule has 1 aromatic carbocycles. The van der Waals surface area contributed by atoms with Crippen LogP contribution >= 0.6 is 11.6 Å². The van der Waals surface area contributed by atoms with Crippen molar-refractivity contribution in [1.82, 2.24) is 5.32 Å². The lowest BCUT2D eigenvalue weighted by Gasteiger charge is -2.09. The van der Waals surface area contributed by atoms with Crippen LogP contribution in [-0.4, -0.2) is 30.8 Å². The van der Waals surface area contributed by atoms with E-state index in [-0.39, 0.29) is 23.1 Å². The molecule has 0 saturated carbocycles. The lowest BCUT2D eigenvalue weighted by Crippen LogP contribution is -2.30. The second-order valence-electron chi connectivity index (χ2n) is 4.50. The van der Waals surface area contributed by atoms with Crippen LogP contribution in [0.5, 0.6) is 5.75 Å². The highest BCUT2D eigenvalue weighted by molar-refractivity contribution is 6.32. The third kappa shape index (κ3) is 3.62. The van der Waals surface area contributed by atoms with Gasteiger partial charge in [-0.3, -0.25) is 4.79 Å². The SMILES string of the molecule is O=C(Cc1ccc(O)c(Cl)c1)NC[C@@H]1CCOC1. The van der Waals surface area contributed by atoms with Crippen LogP contribution < -0.4 is 5.32 Å². The molecule has 0 unspecified atom stereocenters. The van der Waals surface area contributed by atoms with E-state index < -0.39 is 0 Å². The van der Waals surface area contributed by atoms with Crippen LogP contribution in [0.25, 0.3) is 0 Å². The van der Waals surface area contributed by atoms with Crippen molar-refractivity contribution in [1.29, 1.82) is 0 Å². The highest BCUT2D eigenvalue weighted by atomic mass is 35.5. The highest BCUT2D eigenvalue weighted by Crippen LogP contribution is 2.23. The molecule has 0 aromatic heterocycles. The summed E-state index contributed by atoms with van der Waals surface area (Å²) in [5.41, 5.74) is 0.790. The summed E-state index contributed by atoms with van der Waals surface area (Å²) in [4.78, 5) is 11.7. The van der Waals surface area contributed by atoms with Crippen molar-refractivity contribution in [2.45, 2.75) is 12.8 Å². The van der Waals surface area contributed by atoms with Crippen molar-refractivity contribution in [2.24, 2.45) is 5.92 Å². The van der Waals surface area contributed by atoms with Crippen molar-refractivity contribution in [3.63, 3.8) is 0 Å². The van der Waals surface area contributed by atoms with Gasteiger partial charge in [-0.25, -0.2) is 0 Å². The minimum atomic E-state index is -0.0383. The molecular weight excluding hydrogens is 254 g/mol. The van der Waals surface area contributed by atoms with Gasteiger partial charge in [-0.15, -0.1) is 0 Å². The molecule has 98 valence electrons. The Morgan fingerprint density at radius 3 is 3.06 bits per heavy atom. The molecule has 1 aromatic rings. The van der Waals surface area contributed by atoms with Gasteiger partial charge in [0.05, 0.1) is 18.1 Å². The van der Waals surface area contributed by atoms with E-state index in [0.29, 0.717) is 12.5 Å². The molecule has 4 nitrogen and oxygen atoms in total. The predicted octanol–water partition coefficient (Wildman–Crippen LogP) is 1.74. The van der Waals surface area contributed by atoms with Gasteiger partial charge in [0.1, 0.15) is 5.75 Å². The minimum absolute atomic E-state index is 0.0314. The molecule has 5 heteroatoms. The van der Waals surface area contributed by atoms with Gasteiger partial charge in [-0.1, -0.05) is 17.7 Å². The largest absolute Gasteiger partial charge is 0.506 e. The van der Waals surface area contributed by atoms with Gasteiger partial charge in [0.2, 0.25) is 5.91 Å². The Bertz CT molecular complexity index is 430. The van der Waals surface area contributed by atoms with Crippen molar-refractivity contribution >= 4 is 17.5 Å². The predicted molar refractivity (Wildman–Crippen MR) is 68.8 cm³/mol. The van der Waals surface area contributed by atoms with Crippen LogP contribution in [0.2, 0.25) is 5.02 Å². The first-order chi connectivity index (χ1) is 8.65. The molecule has 0 bridgehead atoms. The number of nitrogens with one attached hydrogen (secondary N) is 1. The molecule has 18 heavy (non-hydrogen) atoms. The fourth-order valence-corrected chi connectivity index (χ4v) is 2.11. The van der Waals surface area contributed by atoms with E-state index in [9.17, 15) is 9.90 Å². The highest BCUT2D eigenvalue weighted by Gasteiger charge is 2.16. The van der Waals surface area contributed by atoms with Gasteiger partial charge in [0.15, 0.2) is 0 Å². The first-order valence-corrected chi connectivity index (χ1v) is 6.35. The monoisotopic (exact) mass is 269 g/mol. The number of aromatic hydroxyl groups is 1. The van der Waals surface area contributed by atoms with Gasteiger partial charge >= 0.3 is 0 Å². The second kappa shape index (κ2) is 6.07. The average molecular weight is 270 g/mol. The van der Waals surface area contributed by atoms with Crippen molar-refractivity contribution in [2.75, 3.05) is 19.8 Å². The zero-order valence-electron chi connectivity index (χ0n) is 9.99. The molecule has 1 heterocycles. The number of halogens is 1. The smallest absolute Gasteiger partial charge is 0.224 e. The number of amides is 1. The lowest BCUT2D eigenvalue weighted by atomic mass is 10.1. The number of phenols is 1. The Balaban J connectivity index is 1.80. The number of hydrogen-bond donors (Lipinski definition) is 2. The van der Waals surface area contributed by atoms with Crippen LogP contribution in [0.1, 0.15) is 12.0 Å². The van der Waals surface area contributed by atoms with Gasteiger partial charge in [-0.2, -0.15) is 0 Å². The van der Waals surface area contributed by atoms with E-state index >= 15 is 0 Å². The summed E-state index contributed by atoms with van der Waals surface area (Å²) in [5.74, 6) is 0.421. The van der Waals surface area contributed by atoms with Gasteiger partial charge in [0.25, 0.3) is 0 Å². The fourth-order valence-electron chi connectivity index (χ4n) is 1.91. The van der Waals surface area contributed by atoms with Gasteiger partial charge in [0, 0.05) is 19.1 Å². The van der Waals surface area contributed by atoms with Crippen molar-refractivity contribution < 1.29 is 14.6 Å². The van der Waals surface area contributed by atoms with E-state index in [0.717, 1.165) is 25.2 Å². The zero-order valence-corrected chi connectivity index (χ0v) is 10.7. The number of benzene rings is 1. The molecule has 1 aliphatic rings. The van der Waals surface area contributed by atoms with Crippen molar-refractivity contribution in [3.8, 4) is 5.75 Å². The van der Waals surface area contributed by atoms with E-state index in [1.807, 2.05) is 0 Å². The van der Waals surface area contributed by atoms with Gasteiger partial charge in [-0.05, 0) is 24.1 Å². The maximum absolute atomic E-state index is 11.7. The molecule has 1 atom stereocenters. The van der Waals surface area contributed by atoms with E-state index in [1.165, 1.54) is 6.07 Å². The average Bonchev–Trinajstić information content (AvgIpc) is 2.84. The summed E-state index contributed by atoms with van der Waals surface area (Å²) < 4.78 is 5.24. The summed E-state index contributed by atoms with van der Waals surface area (Å²) in [6, 6.07) is 4.80. The summed E-state index contributed by atoms with van der Waals surface area (Å²) in [6.07, 6.45) is 1.28. The number of carbonyl (C=O) groups excluding carboxylic acids is 1. The Kier molecular flexibility index (Phi) is 4.44. The molecule has 1 saturated heterocycles. The Labute approximate surface area is 111 Å². The number of carbonyl (C=O) groups is 1. The quantitative estimate of drug-likeness (QED) is 0.875. The maximum Gasteiger partial charge on any atom is 0.224 e. The summed E-state index contributed by atoms with van der Waals surface area (Å²) in [7, 11) is 0. The zero-order chi connectivity index (χ0) is 13.0. The topological polar surface area (TPSA) is 58.6 Å².